The smallest absolute Gasteiger partial charge is 0.361 e. The number of carbonyl (C=O) groups excluding carboxylic acids is 2. The minimum Gasteiger partial charge on any atom is -0.460 e. The summed E-state index contributed by atoms with van der Waals surface area (Å²) >= 11 is 0. The Hall–Kier alpha value is -2.70. The van der Waals surface area contributed by atoms with Crippen molar-refractivity contribution >= 4 is 11.9 Å². The van der Waals surface area contributed by atoms with Crippen molar-refractivity contribution in [2.75, 3.05) is 6.61 Å². The molecular formula is C15H17N3O4. The van der Waals surface area contributed by atoms with Gasteiger partial charge in [-0.2, -0.15) is 0 Å². The lowest BCUT2D eigenvalue weighted by Crippen LogP contribution is -2.19. The molecular weight excluding hydrogens is 286 g/mol. The van der Waals surface area contributed by atoms with Gasteiger partial charge >= 0.3 is 11.9 Å². The van der Waals surface area contributed by atoms with Gasteiger partial charge in [-0.3, -0.25) is 0 Å². The first-order valence-electron chi connectivity index (χ1n) is 6.85. The third-order valence-electron chi connectivity index (χ3n) is 2.62. The number of hydrogen-bond donors (Lipinski definition) is 0. The van der Waals surface area contributed by atoms with Gasteiger partial charge in [-0.1, -0.05) is 35.5 Å². The summed E-state index contributed by atoms with van der Waals surface area (Å²) in [4.78, 5) is 23.0. The van der Waals surface area contributed by atoms with Gasteiger partial charge in [0.15, 0.2) is 12.3 Å². The van der Waals surface area contributed by atoms with E-state index < -0.39 is 18.5 Å². The second-order valence-corrected chi connectivity index (χ2v) is 4.90. The van der Waals surface area contributed by atoms with Gasteiger partial charge in [0, 0.05) is 0 Å². The number of hydrogen-bond acceptors (Lipinski definition) is 6. The van der Waals surface area contributed by atoms with Crippen LogP contribution in [0.4, 0.5) is 0 Å². The fourth-order valence-electron chi connectivity index (χ4n) is 1.74. The van der Waals surface area contributed by atoms with Crippen LogP contribution in [-0.4, -0.2) is 39.6 Å². The third kappa shape index (κ3) is 4.69. The zero-order valence-electron chi connectivity index (χ0n) is 12.4. The van der Waals surface area contributed by atoms with Gasteiger partial charge < -0.3 is 9.47 Å². The maximum atomic E-state index is 11.8. The normalized spacial score (nSPS) is 10.5. The molecule has 2 aromatic rings. The fourth-order valence-corrected chi connectivity index (χ4v) is 1.74. The lowest BCUT2D eigenvalue weighted by molar-refractivity contribution is -0.150. The van der Waals surface area contributed by atoms with Crippen LogP contribution in [0, 0.1) is 0 Å². The quantitative estimate of drug-likeness (QED) is 0.751. The van der Waals surface area contributed by atoms with Crippen molar-refractivity contribution in [1.29, 1.82) is 0 Å². The second kappa shape index (κ2) is 7.35. The minimum atomic E-state index is -0.708. The molecule has 0 aliphatic rings. The van der Waals surface area contributed by atoms with Gasteiger partial charge in [-0.25, -0.2) is 14.3 Å². The van der Waals surface area contributed by atoms with E-state index in [-0.39, 0.29) is 11.8 Å². The molecule has 0 N–H and O–H groups in total. The van der Waals surface area contributed by atoms with Gasteiger partial charge in [-0.15, -0.1) is 5.10 Å². The first-order chi connectivity index (χ1) is 10.5. The summed E-state index contributed by atoms with van der Waals surface area (Å²) in [6.45, 7) is 3.49. The molecule has 0 saturated heterocycles. The Morgan fingerprint density at radius 3 is 2.64 bits per heavy atom. The highest BCUT2D eigenvalue weighted by molar-refractivity contribution is 5.88. The SMILES string of the molecule is CC(C)OC(=O)COC(=O)c1cn(Cc2ccccc2)nn1. The lowest BCUT2D eigenvalue weighted by atomic mass is 10.2. The summed E-state index contributed by atoms with van der Waals surface area (Å²) < 4.78 is 11.2. The minimum absolute atomic E-state index is 0.0493. The highest BCUT2D eigenvalue weighted by Gasteiger charge is 2.15. The molecule has 7 nitrogen and oxygen atoms in total. The van der Waals surface area contributed by atoms with Crippen LogP contribution < -0.4 is 0 Å². The third-order valence-corrected chi connectivity index (χ3v) is 2.62. The maximum Gasteiger partial charge on any atom is 0.361 e. The van der Waals surface area contributed by atoms with Crippen molar-refractivity contribution in [2.24, 2.45) is 0 Å². The van der Waals surface area contributed by atoms with Crippen LogP contribution in [0.3, 0.4) is 0 Å². The highest BCUT2D eigenvalue weighted by atomic mass is 16.6. The Kier molecular flexibility index (Phi) is 5.24. The van der Waals surface area contributed by atoms with Crippen LogP contribution in [0.1, 0.15) is 29.9 Å². The Morgan fingerprint density at radius 1 is 1.23 bits per heavy atom. The second-order valence-electron chi connectivity index (χ2n) is 4.90. The van der Waals surface area contributed by atoms with Crippen LogP contribution in [0.5, 0.6) is 0 Å². The summed E-state index contributed by atoms with van der Waals surface area (Å²) in [7, 11) is 0. The van der Waals surface area contributed by atoms with Crippen molar-refractivity contribution in [1.82, 2.24) is 15.0 Å². The lowest BCUT2D eigenvalue weighted by Gasteiger charge is -2.07. The molecule has 22 heavy (non-hydrogen) atoms. The fraction of sp³-hybridized carbons (Fsp3) is 0.333. The summed E-state index contributed by atoms with van der Waals surface area (Å²) in [5, 5.41) is 7.60. The van der Waals surface area contributed by atoms with Crippen molar-refractivity contribution in [3.63, 3.8) is 0 Å². The zero-order valence-corrected chi connectivity index (χ0v) is 12.4. The van der Waals surface area contributed by atoms with Crippen LogP contribution in [0.15, 0.2) is 36.5 Å². The zero-order chi connectivity index (χ0) is 15.9. The molecule has 1 aromatic heterocycles. The van der Waals surface area contributed by atoms with Gasteiger partial charge in [-0.05, 0) is 19.4 Å². The Balaban J connectivity index is 1.88. The van der Waals surface area contributed by atoms with Crippen LogP contribution in [0.2, 0.25) is 0 Å². The molecule has 0 saturated carbocycles. The predicted octanol–water partition coefficient (Wildman–Crippen LogP) is 1.43. The van der Waals surface area contributed by atoms with Crippen molar-refractivity contribution < 1.29 is 19.1 Å². The van der Waals surface area contributed by atoms with E-state index in [0.717, 1.165) is 5.56 Å². The summed E-state index contributed by atoms with van der Waals surface area (Å²) in [6, 6.07) is 9.65. The molecule has 0 spiro atoms. The maximum absolute atomic E-state index is 11.8. The van der Waals surface area contributed by atoms with E-state index in [4.69, 9.17) is 9.47 Å². The molecule has 0 bridgehead atoms. The van der Waals surface area contributed by atoms with Gasteiger partial charge in [0.05, 0.1) is 18.8 Å². The van der Waals surface area contributed by atoms with Crippen LogP contribution in [-0.2, 0) is 20.8 Å². The van der Waals surface area contributed by atoms with E-state index >= 15 is 0 Å². The van der Waals surface area contributed by atoms with Crippen LogP contribution >= 0.6 is 0 Å². The molecule has 0 amide bonds. The molecule has 0 unspecified atom stereocenters. The molecule has 2 rings (SSSR count). The molecule has 1 aromatic carbocycles. The highest BCUT2D eigenvalue weighted by Crippen LogP contribution is 2.03. The van der Waals surface area contributed by atoms with Gasteiger partial charge in [0.25, 0.3) is 0 Å². The van der Waals surface area contributed by atoms with Gasteiger partial charge in [0.2, 0.25) is 0 Å². The average molecular weight is 303 g/mol. The topological polar surface area (TPSA) is 83.3 Å². The first-order valence-corrected chi connectivity index (χ1v) is 6.85. The standard InChI is InChI=1S/C15H17N3O4/c1-11(2)22-14(19)10-21-15(20)13-9-18(17-16-13)8-12-6-4-3-5-7-12/h3-7,9,11H,8,10H2,1-2H3. The van der Waals surface area contributed by atoms with E-state index in [1.807, 2.05) is 30.3 Å². The van der Waals surface area contributed by atoms with Crippen molar-refractivity contribution in [3.8, 4) is 0 Å². The van der Waals surface area contributed by atoms with Crippen LogP contribution in [0.25, 0.3) is 0 Å². The molecule has 7 heteroatoms. The number of aromatic nitrogens is 3. The summed E-state index contributed by atoms with van der Waals surface area (Å²) in [5.74, 6) is -1.31. The molecule has 0 fully saturated rings. The number of ether oxygens (including phenoxy) is 2. The Labute approximate surface area is 127 Å². The number of nitrogens with zero attached hydrogens (tertiary/aromatic N) is 3. The van der Waals surface area contributed by atoms with E-state index in [1.54, 1.807) is 13.8 Å². The Morgan fingerprint density at radius 2 is 1.95 bits per heavy atom. The molecule has 0 radical (unpaired) electrons. The van der Waals surface area contributed by atoms with E-state index in [2.05, 4.69) is 10.3 Å². The summed E-state index contributed by atoms with van der Waals surface area (Å²) in [5.41, 5.74) is 1.08. The van der Waals surface area contributed by atoms with E-state index in [9.17, 15) is 9.59 Å². The van der Waals surface area contributed by atoms with Gasteiger partial charge in [0.1, 0.15) is 0 Å². The number of carbonyl (C=O) groups is 2. The monoisotopic (exact) mass is 303 g/mol. The Bertz CT molecular complexity index is 637. The number of esters is 2. The van der Waals surface area contributed by atoms with Crippen molar-refractivity contribution in [2.45, 2.75) is 26.5 Å². The summed E-state index contributed by atoms with van der Waals surface area (Å²) in [6.07, 6.45) is 1.22. The number of benzene rings is 1. The van der Waals surface area contributed by atoms with E-state index in [0.29, 0.717) is 6.54 Å². The first kappa shape index (κ1) is 15.7. The van der Waals surface area contributed by atoms with E-state index in [1.165, 1.54) is 10.9 Å². The molecule has 0 aliphatic carbocycles. The molecule has 1 heterocycles. The predicted molar refractivity (Wildman–Crippen MR) is 77.1 cm³/mol. The molecule has 0 aliphatic heterocycles. The average Bonchev–Trinajstić information content (AvgIpc) is 2.94. The van der Waals surface area contributed by atoms with Crippen molar-refractivity contribution in [3.05, 3.63) is 47.8 Å². The molecule has 0 atom stereocenters. The largest absolute Gasteiger partial charge is 0.460 e. The molecule has 116 valence electrons. The number of rotatable bonds is 6.